The van der Waals surface area contributed by atoms with E-state index in [1.807, 2.05) is 13.8 Å². The number of nitrogens with one attached hydrogen (secondary N) is 1. The number of carbonyl (C=O) groups is 3. The number of nitrogens with zero attached hydrogens (tertiary/aromatic N) is 1. The van der Waals surface area contributed by atoms with Gasteiger partial charge in [0.2, 0.25) is 11.8 Å². The van der Waals surface area contributed by atoms with Gasteiger partial charge in [0.1, 0.15) is 11.3 Å². The molecule has 2 aromatic carbocycles. The minimum absolute atomic E-state index is 0.0218. The van der Waals surface area contributed by atoms with Gasteiger partial charge in [0, 0.05) is 11.1 Å². The van der Waals surface area contributed by atoms with Gasteiger partial charge in [-0.05, 0) is 42.2 Å². The zero-order valence-electron chi connectivity index (χ0n) is 18.0. The molecule has 0 aromatic heterocycles. The molecular formula is C24H25ClN2O5. The van der Waals surface area contributed by atoms with E-state index < -0.39 is 41.2 Å². The zero-order chi connectivity index (χ0) is 23.2. The van der Waals surface area contributed by atoms with Crippen LogP contribution in [0.2, 0.25) is 5.02 Å². The van der Waals surface area contributed by atoms with Crippen LogP contribution < -0.4 is 15.0 Å². The van der Waals surface area contributed by atoms with Gasteiger partial charge in [-0.25, -0.2) is 4.90 Å². The molecule has 168 valence electrons. The predicted octanol–water partition coefficient (Wildman–Crippen LogP) is 3.67. The lowest BCUT2D eigenvalue weighted by molar-refractivity contribution is -0.149. The lowest BCUT2D eigenvalue weighted by Crippen LogP contribution is -2.56. The van der Waals surface area contributed by atoms with E-state index in [4.69, 9.17) is 16.3 Å². The summed E-state index contributed by atoms with van der Waals surface area (Å²) >= 11 is 6.04. The van der Waals surface area contributed by atoms with Gasteiger partial charge < -0.3 is 9.84 Å². The van der Waals surface area contributed by atoms with Crippen molar-refractivity contribution in [1.29, 1.82) is 0 Å². The number of rotatable bonds is 6. The maximum Gasteiger partial charge on any atom is 0.324 e. The number of ether oxygens (including phenoxy) is 1. The van der Waals surface area contributed by atoms with Crippen LogP contribution in [0.4, 0.5) is 5.69 Å². The fourth-order valence-corrected chi connectivity index (χ4v) is 5.25. The third-order valence-corrected chi connectivity index (χ3v) is 6.57. The minimum atomic E-state index is -1.58. The second-order valence-corrected chi connectivity index (χ2v) is 9.17. The Hall–Kier alpha value is -2.90. The Morgan fingerprint density at radius 3 is 2.41 bits per heavy atom. The van der Waals surface area contributed by atoms with Crippen molar-refractivity contribution in [1.82, 2.24) is 5.32 Å². The quantitative estimate of drug-likeness (QED) is 0.644. The highest BCUT2D eigenvalue weighted by atomic mass is 35.5. The van der Waals surface area contributed by atoms with Crippen LogP contribution >= 0.6 is 11.6 Å². The molecule has 2 saturated heterocycles. The monoisotopic (exact) mass is 456 g/mol. The van der Waals surface area contributed by atoms with E-state index in [-0.39, 0.29) is 12.3 Å². The molecule has 2 aromatic rings. The van der Waals surface area contributed by atoms with Gasteiger partial charge in [-0.15, -0.1) is 0 Å². The summed E-state index contributed by atoms with van der Waals surface area (Å²) < 4.78 is 5.37. The lowest BCUT2D eigenvalue weighted by atomic mass is 9.75. The molecule has 2 amide bonds. The van der Waals surface area contributed by atoms with Gasteiger partial charge in [-0.1, -0.05) is 49.7 Å². The number of carboxylic acid groups (broad SMARTS) is 1. The SMILES string of the molecule is COc1ccccc1N1C(=O)[C@@H]2[C@H](c3ccc(Cl)cc3)N[C@](CC(C)C)(C(=O)O)[C@H]2C1=O. The Balaban J connectivity index is 1.88. The third kappa shape index (κ3) is 3.36. The Morgan fingerprint density at radius 2 is 1.81 bits per heavy atom. The van der Waals surface area contributed by atoms with Crippen molar-refractivity contribution in [2.45, 2.75) is 31.8 Å². The Morgan fingerprint density at radius 1 is 1.16 bits per heavy atom. The van der Waals surface area contributed by atoms with Crippen molar-refractivity contribution in [2.24, 2.45) is 17.8 Å². The second-order valence-electron chi connectivity index (χ2n) is 8.74. The number of imide groups is 1. The van der Waals surface area contributed by atoms with Gasteiger partial charge in [-0.3, -0.25) is 19.7 Å². The van der Waals surface area contributed by atoms with Crippen molar-refractivity contribution in [3.8, 4) is 5.75 Å². The van der Waals surface area contributed by atoms with Crippen molar-refractivity contribution in [3.63, 3.8) is 0 Å². The Kier molecular flexibility index (Phi) is 5.73. The molecule has 2 heterocycles. The summed E-state index contributed by atoms with van der Waals surface area (Å²) in [6, 6.07) is 13.0. The first-order valence-electron chi connectivity index (χ1n) is 10.5. The lowest BCUT2D eigenvalue weighted by Gasteiger charge is -2.32. The maximum absolute atomic E-state index is 13.7. The van der Waals surface area contributed by atoms with E-state index >= 15 is 0 Å². The number of fused-ring (bicyclic) bond motifs is 1. The van der Waals surface area contributed by atoms with Crippen LogP contribution in [0.1, 0.15) is 31.9 Å². The van der Waals surface area contributed by atoms with Gasteiger partial charge in [0.05, 0.1) is 24.6 Å². The molecule has 0 radical (unpaired) electrons. The average molecular weight is 457 g/mol. The highest BCUT2D eigenvalue weighted by Gasteiger charge is 2.68. The largest absolute Gasteiger partial charge is 0.495 e. The normalized spacial score (nSPS) is 27.2. The molecule has 0 spiro atoms. The number of anilines is 1. The van der Waals surface area contributed by atoms with E-state index in [9.17, 15) is 19.5 Å². The summed E-state index contributed by atoms with van der Waals surface area (Å²) in [5.41, 5.74) is -0.551. The predicted molar refractivity (Wildman–Crippen MR) is 120 cm³/mol. The summed E-state index contributed by atoms with van der Waals surface area (Å²) in [5, 5.41) is 14.1. The van der Waals surface area contributed by atoms with Crippen molar-refractivity contribution in [3.05, 3.63) is 59.1 Å². The highest BCUT2D eigenvalue weighted by Crippen LogP contribution is 2.52. The fourth-order valence-electron chi connectivity index (χ4n) is 5.13. The van der Waals surface area contributed by atoms with Crippen molar-refractivity contribution in [2.75, 3.05) is 12.0 Å². The smallest absolute Gasteiger partial charge is 0.324 e. The van der Waals surface area contributed by atoms with E-state index in [0.29, 0.717) is 22.0 Å². The van der Waals surface area contributed by atoms with Crippen LogP contribution in [0.25, 0.3) is 0 Å². The van der Waals surface area contributed by atoms with Gasteiger partial charge >= 0.3 is 5.97 Å². The number of aliphatic carboxylic acids is 1. The topological polar surface area (TPSA) is 95.9 Å². The number of hydrogen-bond acceptors (Lipinski definition) is 5. The number of para-hydroxylation sites is 2. The third-order valence-electron chi connectivity index (χ3n) is 6.32. The minimum Gasteiger partial charge on any atom is -0.495 e. The van der Waals surface area contributed by atoms with E-state index in [1.165, 1.54) is 7.11 Å². The van der Waals surface area contributed by atoms with Crippen molar-refractivity contribution >= 4 is 35.1 Å². The zero-order valence-corrected chi connectivity index (χ0v) is 18.8. The number of hydrogen-bond donors (Lipinski definition) is 2. The van der Waals surface area contributed by atoms with Crippen LogP contribution in [-0.4, -0.2) is 35.5 Å². The number of carbonyl (C=O) groups excluding carboxylic acids is 2. The number of halogens is 1. The number of amides is 2. The summed E-state index contributed by atoms with van der Waals surface area (Å²) in [7, 11) is 1.46. The highest BCUT2D eigenvalue weighted by molar-refractivity contribution is 6.30. The molecule has 32 heavy (non-hydrogen) atoms. The molecule has 8 heteroatoms. The second kappa shape index (κ2) is 8.22. The van der Waals surface area contributed by atoms with Crippen LogP contribution in [0.3, 0.4) is 0 Å². The number of methoxy groups -OCH3 is 1. The maximum atomic E-state index is 13.7. The van der Waals surface area contributed by atoms with E-state index in [0.717, 1.165) is 4.90 Å². The summed E-state index contributed by atoms with van der Waals surface area (Å²) in [6.07, 6.45) is 0.201. The molecule has 2 N–H and O–H groups in total. The van der Waals surface area contributed by atoms with E-state index in [1.54, 1.807) is 48.5 Å². The number of benzene rings is 2. The molecular weight excluding hydrogens is 432 g/mol. The molecule has 7 nitrogen and oxygen atoms in total. The molecule has 2 aliphatic rings. The summed E-state index contributed by atoms with van der Waals surface area (Å²) in [6.45, 7) is 3.80. The molecule has 2 fully saturated rings. The van der Waals surface area contributed by atoms with Crippen LogP contribution in [-0.2, 0) is 14.4 Å². The Labute approximate surface area is 191 Å². The molecule has 4 atom stereocenters. The van der Waals surface area contributed by atoms with Crippen LogP contribution in [0.5, 0.6) is 5.75 Å². The van der Waals surface area contributed by atoms with E-state index in [2.05, 4.69) is 5.32 Å². The standard InChI is InChI=1S/C24H25ClN2O5/c1-13(2)12-24(23(30)31)19-18(20(26-24)14-8-10-15(25)11-9-14)21(28)27(22(19)29)16-6-4-5-7-17(16)32-3/h4-11,13,18-20,26H,12H2,1-3H3,(H,30,31)/t18-,19+,20-,24-/m0/s1. The van der Waals surface area contributed by atoms with Crippen LogP contribution in [0.15, 0.2) is 48.5 Å². The first-order valence-corrected chi connectivity index (χ1v) is 10.9. The molecule has 4 rings (SSSR count). The van der Waals surface area contributed by atoms with Gasteiger partial charge in [0.15, 0.2) is 0 Å². The van der Waals surface area contributed by atoms with Gasteiger partial charge in [-0.2, -0.15) is 0 Å². The molecule has 0 bridgehead atoms. The van der Waals surface area contributed by atoms with Gasteiger partial charge in [0.25, 0.3) is 0 Å². The molecule has 2 aliphatic heterocycles. The number of carboxylic acids is 1. The molecule has 0 aliphatic carbocycles. The summed E-state index contributed by atoms with van der Waals surface area (Å²) in [4.78, 5) is 41.2. The fraction of sp³-hybridized carbons (Fsp3) is 0.375. The average Bonchev–Trinajstić information content (AvgIpc) is 3.22. The molecule has 0 saturated carbocycles. The first kappa shape index (κ1) is 22.3. The summed E-state index contributed by atoms with van der Waals surface area (Å²) in [5.74, 6) is -3.69. The van der Waals surface area contributed by atoms with Crippen LogP contribution in [0, 0.1) is 17.8 Å². The molecule has 0 unspecified atom stereocenters. The first-order chi connectivity index (χ1) is 15.2. The van der Waals surface area contributed by atoms with Crippen molar-refractivity contribution < 1.29 is 24.2 Å². The Bertz CT molecular complexity index is 1070.